The highest BCUT2D eigenvalue weighted by Gasteiger charge is 2.19. The lowest BCUT2D eigenvalue weighted by Crippen LogP contribution is -2.18. The van der Waals surface area contributed by atoms with E-state index in [0.717, 1.165) is 31.0 Å². The van der Waals surface area contributed by atoms with Crippen LogP contribution in [0.25, 0.3) is 22.0 Å². The average molecular weight is 487 g/mol. The molecule has 0 aliphatic rings. The Bertz CT molecular complexity index is 1150. The summed E-state index contributed by atoms with van der Waals surface area (Å²) in [7, 11) is 0. The number of nitrogens with zero attached hydrogens (tertiary/aromatic N) is 1. The number of halogens is 2. The average Bonchev–Trinajstić information content (AvgIpc) is 3.25. The first kappa shape index (κ1) is 17.8. The topological polar surface area (TPSA) is 70.4 Å². The van der Waals surface area contributed by atoms with Crippen LogP contribution in [0.3, 0.4) is 0 Å². The van der Waals surface area contributed by atoms with Crippen LogP contribution in [-0.4, -0.2) is 17.1 Å². The zero-order chi connectivity index (χ0) is 18.8. The molecule has 2 heterocycles. The van der Waals surface area contributed by atoms with Crippen molar-refractivity contribution in [3.63, 3.8) is 0 Å². The van der Waals surface area contributed by atoms with Gasteiger partial charge in [-0.25, -0.2) is 5.43 Å². The highest BCUT2D eigenvalue weighted by atomic mass is 79.9. The maximum absolute atomic E-state index is 12.8. The minimum Gasteiger partial charge on any atom is -0.462 e. The van der Waals surface area contributed by atoms with Crippen LogP contribution in [0.2, 0.25) is 0 Å². The maximum atomic E-state index is 12.8. The zero-order valence-corrected chi connectivity index (χ0v) is 17.0. The van der Waals surface area contributed by atoms with Gasteiger partial charge in [-0.15, -0.1) is 0 Å². The van der Waals surface area contributed by atoms with Crippen molar-refractivity contribution < 1.29 is 9.21 Å². The molecule has 0 unspecified atom stereocenters. The Labute approximate surface area is 171 Å². The number of carbonyl (C=O) groups excluding carboxylic acids is 1. The fourth-order valence-corrected chi connectivity index (χ4v) is 3.51. The number of nitrogens with one attached hydrogen (secondary N) is 2. The molecule has 0 radical (unpaired) electrons. The third kappa shape index (κ3) is 3.61. The molecular formula is C20H13Br2N3O2. The Kier molecular flexibility index (Phi) is 4.96. The van der Waals surface area contributed by atoms with E-state index in [1.165, 1.54) is 12.5 Å². The molecule has 0 bridgehead atoms. The van der Waals surface area contributed by atoms with Gasteiger partial charge in [-0.3, -0.25) is 4.79 Å². The molecule has 2 aromatic carbocycles. The second-order valence-electron chi connectivity index (χ2n) is 5.76. The van der Waals surface area contributed by atoms with E-state index < -0.39 is 0 Å². The summed E-state index contributed by atoms with van der Waals surface area (Å²) in [6.45, 7) is 0. The lowest BCUT2D eigenvalue weighted by atomic mass is 10.0. The summed E-state index contributed by atoms with van der Waals surface area (Å²) in [4.78, 5) is 16.0. The van der Waals surface area contributed by atoms with E-state index in [2.05, 4.69) is 47.4 Å². The van der Waals surface area contributed by atoms with E-state index >= 15 is 0 Å². The van der Waals surface area contributed by atoms with Crippen molar-refractivity contribution in [2.45, 2.75) is 0 Å². The van der Waals surface area contributed by atoms with Gasteiger partial charge in [0, 0.05) is 20.9 Å². The van der Waals surface area contributed by atoms with E-state index in [1.54, 1.807) is 6.07 Å². The molecule has 0 aliphatic carbocycles. The Hall–Kier alpha value is -2.64. The second-order valence-corrected chi connectivity index (χ2v) is 7.53. The number of furan rings is 1. The van der Waals surface area contributed by atoms with Crippen molar-refractivity contribution in [2.24, 2.45) is 5.10 Å². The first-order chi connectivity index (χ1) is 13.1. The van der Waals surface area contributed by atoms with E-state index in [4.69, 9.17) is 4.42 Å². The number of H-pyrrole nitrogens is 1. The van der Waals surface area contributed by atoms with E-state index in [0.29, 0.717) is 11.5 Å². The number of rotatable bonds is 4. The lowest BCUT2D eigenvalue weighted by molar-refractivity contribution is 0.0951. The van der Waals surface area contributed by atoms with Gasteiger partial charge in [0.2, 0.25) is 0 Å². The number of hydrogen-bond acceptors (Lipinski definition) is 3. The number of hydrazone groups is 1. The van der Waals surface area contributed by atoms with Crippen molar-refractivity contribution in [1.29, 1.82) is 0 Å². The summed E-state index contributed by atoms with van der Waals surface area (Å²) in [5.74, 6) is 0.194. The van der Waals surface area contributed by atoms with Crippen LogP contribution in [0.4, 0.5) is 0 Å². The van der Waals surface area contributed by atoms with Gasteiger partial charge in [-0.05, 0) is 45.8 Å². The second kappa shape index (κ2) is 7.54. The van der Waals surface area contributed by atoms with Crippen molar-refractivity contribution in [1.82, 2.24) is 10.4 Å². The standard InChI is InChI=1S/C20H13Br2N3O2/c21-13-6-7-16-14(10-13)18(12-4-2-1-3-5-12)19(24-16)20(26)25-23-11-17-15(22)8-9-27-17/h1-11,24H,(H,25,26)/b23-11+. The predicted octanol–water partition coefficient (Wildman–Crippen LogP) is 5.72. The van der Waals surface area contributed by atoms with Gasteiger partial charge >= 0.3 is 0 Å². The van der Waals surface area contributed by atoms with Crippen molar-refractivity contribution in [3.8, 4) is 11.1 Å². The van der Waals surface area contributed by atoms with Gasteiger partial charge in [-0.1, -0.05) is 46.3 Å². The molecule has 0 spiro atoms. The molecule has 0 saturated heterocycles. The van der Waals surface area contributed by atoms with Crippen LogP contribution in [-0.2, 0) is 0 Å². The summed E-state index contributed by atoms with van der Waals surface area (Å²) in [6.07, 6.45) is 2.99. The smallest absolute Gasteiger partial charge is 0.288 e. The number of carbonyl (C=O) groups is 1. The third-order valence-corrected chi connectivity index (χ3v) is 5.19. The van der Waals surface area contributed by atoms with Crippen LogP contribution in [0.1, 0.15) is 16.2 Å². The molecule has 2 N–H and O–H groups in total. The van der Waals surface area contributed by atoms with Crippen molar-refractivity contribution >= 4 is 54.9 Å². The third-order valence-electron chi connectivity index (χ3n) is 4.04. The molecule has 134 valence electrons. The van der Waals surface area contributed by atoms with Crippen LogP contribution in [0, 0.1) is 0 Å². The van der Waals surface area contributed by atoms with E-state index in [1.807, 2.05) is 48.5 Å². The number of benzene rings is 2. The molecule has 5 nitrogen and oxygen atoms in total. The largest absolute Gasteiger partial charge is 0.462 e. The van der Waals surface area contributed by atoms with E-state index in [9.17, 15) is 4.79 Å². The molecule has 1 amide bonds. The molecule has 4 aromatic rings. The minimum atomic E-state index is -0.333. The first-order valence-electron chi connectivity index (χ1n) is 8.06. The molecule has 2 aromatic heterocycles. The van der Waals surface area contributed by atoms with Crippen molar-refractivity contribution in [2.75, 3.05) is 0 Å². The van der Waals surface area contributed by atoms with Gasteiger partial charge < -0.3 is 9.40 Å². The number of amides is 1. The van der Waals surface area contributed by atoms with Crippen LogP contribution >= 0.6 is 31.9 Å². The fourth-order valence-electron chi connectivity index (χ4n) is 2.84. The van der Waals surface area contributed by atoms with Crippen LogP contribution in [0.5, 0.6) is 0 Å². The van der Waals surface area contributed by atoms with Crippen LogP contribution in [0.15, 0.2) is 79.3 Å². The maximum Gasteiger partial charge on any atom is 0.288 e. The Balaban J connectivity index is 1.73. The van der Waals surface area contributed by atoms with Crippen molar-refractivity contribution in [3.05, 3.63) is 81.3 Å². The van der Waals surface area contributed by atoms with Gasteiger partial charge in [0.15, 0.2) is 5.76 Å². The highest BCUT2D eigenvalue weighted by molar-refractivity contribution is 9.10. The lowest BCUT2D eigenvalue weighted by Gasteiger charge is -2.04. The van der Waals surface area contributed by atoms with Crippen LogP contribution < -0.4 is 5.43 Å². The predicted molar refractivity (Wildman–Crippen MR) is 113 cm³/mol. The SMILES string of the molecule is O=C(N/N=C/c1occc1Br)c1[nH]c2ccc(Br)cc2c1-c1ccccc1. The van der Waals surface area contributed by atoms with E-state index in [-0.39, 0.29) is 5.91 Å². The van der Waals surface area contributed by atoms with Gasteiger partial charge in [0.25, 0.3) is 5.91 Å². The molecule has 27 heavy (non-hydrogen) atoms. The molecule has 4 rings (SSSR count). The quantitative estimate of drug-likeness (QED) is 0.286. The summed E-state index contributed by atoms with van der Waals surface area (Å²) < 4.78 is 6.95. The number of fused-ring (bicyclic) bond motifs is 1. The first-order valence-corrected chi connectivity index (χ1v) is 9.65. The summed E-state index contributed by atoms with van der Waals surface area (Å²) in [5.41, 5.74) is 5.66. The Morgan fingerprint density at radius 1 is 1.11 bits per heavy atom. The summed E-state index contributed by atoms with van der Waals surface area (Å²) in [5, 5.41) is 4.95. The molecule has 0 atom stereocenters. The molecular weight excluding hydrogens is 474 g/mol. The molecule has 0 saturated carbocycles. The zero-order valence-electron chi connectivity index (χ0n) is 13.9. The summed E-state index contributed by atoms with van der Waals surface area (Å²) in [6, 6.07) is 17.4. The number of aromatic nitrogens is 1. The molecule has 0 aliphatic heterocycles. The Morgan fingerprint density at radius 3 is 2.67 bits per heavy atom. The normalized spacial score (nSPS) is 11.3. The van der Waals surface area contributed by atoms with Gasteiger partial charge in [-0.2, -0.15) is 5.10 Å². The molecule has 7 heteroatoms. The molecule has 0 fully saturated rings. The monoisotopic (exact) mass is 485 g/mol. The minimum absolute atomic E-state index is 0.333. The number of aromatic amines is 1. The highest BCUT2D eigenvalue weighted by Crippen LogP contribution is 2.34. The Morgan fingerprint density at radius 2 is 1.93 bits per heavy atom. The van der Waals surface area contributed by atoms with Gasteiger partial charge in [0.05, 0.1) is 17.0 Å². The van der Waals surface area contributed by atoms with Gasteiger partial charge in [0.1, 0.15) is 5.69 Å². The number of hydrogen-bond donors (Lipinski definition) is 2. The summed E-state index contributed by atoms with van der Waals surface area (Å²) >= 11 is 6.85. The fraction of sp³-hybridized carbons (Fsp3) is 0.